The second kappa shape index (κ2) is 7.80. The van der Waals surface area contributed by atoms with E-state index in [1.54, 1.807) is 6.07 Å². The Hall–Kier alpha value is -2.07. The van der Waals surface area contributed by atoms with Crippen molar-refractivity contribution >= 4 is 23.3 Å². The third-order valence-electron chi connectivity index (χ3n) is 3.29. The van der Waals surface area contributed by atoms with Crippen LogP contribution in [0.3, 0.4) is 0 Å². The Kier molecular flexibility index (Phi) is 5.78. The molecule has 0 aromatic heterocycles. The number of anilines is 1. The van der Waals surface area contributed by atoms with Gasteiger partial charge in [0.1, 0.15) is 0 Å². The van der Waals surface area contributed by atoms with Gasteiger partial charge in [-0.15, -0.1) is 0 Å². The number of urea groups is 1. The number of nitrogens with one attached hydrogen (secondary N) is 2. The van der Waals surface area contributed by atoms with Crippen LogP contribution in [0.25, 0.3) is 0 Å². The summed E-state index contributed by atoms with van der Waals surface area (Å²) in [7, 11) is 0. The summed E-state index contributed by atoms with van der Waals surface area (Å²) in [6.07, 6.45) is 1.67. The van der Waals surface area contributed by atoms with Crippen molar-refractivity contribution < 1.29 is 9.18 Å². The minimum Gasteiger partial charge on any atom is -0.335 e. The lowest BCUT2D eigenvalue weighted by Crippen LogP contribution is -2.36. The normalized spacial score (nSPS) is 11.8. The Morgan fingerprint density at radius 2 is 1.91 bits per heavy atom. The van der Waals surface area contributed by atoms with Gasteiger partial charge in [-0.05, 0) is 37.5 Å². The first-order valence-corrected chi connectivity index (χ1v) is 7.49. The van der Waals surface area contributed by atoms with Gasteiger partial charge in [-0.2, -0.15) is 0 Å². The number of hydrogen-bond acceptors (Lipinski definition) is 1. The van der Waals surface area contributed by atoms with Gasteiger partial charge in [-0.25, -0.2) is 9.18 Å². The third-order valence-corrected chi connectivity index (χ3v) is 3.58. The maximum atomic E-state index is 13.7. The average molecular weight is 321 g/mol. The van der Waals surface area contributed by atoms with Gasteiger partial charge in [0.05, 0.1) is 10.7 Å². The van der Waals surface area contributed by atoms with Gasteiger partial charge in [0.2, 0.25) is 0 Å². The number of carbonyl (C=O) groups excluding carboxylic acids is 1. The highest BCUT2D eigenvalue weighted by Gasteiger charge is 2.11. The first-order valence-electron chi connectivity index (χ1n) is 7.11. The quantitative estimate of drug-likeness (QED) is 0.829. The Morgan fingerprint density at radius 3 is 2.64 bits per heavy atom. The lowest BCUT2D eigenvalue weighted by molar-refractivity contribution is 0.248. The first kappa shape index (κ1) is 16.3. The van der Waals surface area contributed by atoms with Gasteiger partial charge in [0.25, 0.3) is 0 Å². The van der Waals surface area contributed by atoms with E-state index in [2.05, 4.69) is 10.6 Å². The molecule has 1 atom stereocenters. The molecule has 0 spiro atoms. The van der Waals surface area contributed by atoms with Crippen molar-refractivity contribution in [3.05, 3.63) is 64.9 Å². The predicted molar refractivity (Wildman–Crippen MR) is 87.8 cm³/mol. The van der Waals surface area contributed by atoms with Crippen LogP contribution in [0.4, 0.5) is 14.9 Å². The average Bonchev–Trinajstić information content (AvgIpc) is 2.51. The summed E-state index contributed by atoms with van der Waals surface area (Å²) in [5.41, 5.74) is 1.29. The minimum absolute atomic E-state index is 0.0186. The highest BCUT2D eigenvalue weighted by Crippen LogP contribution is 2.21. The Bertz CT molecular complexity index is 634. The van der Waals surface area contributed by atoms with Crippen molar-refractivity contribution in [1.82, 2.24) is 5.32 Å². The fraction of sp³-hybridized carbons (Fsp3) is 0.235. The largest absolute Gasteiger partial charge is 0.335 e. The zero-order chi connectivity index (χ0) is 15.9. The molecule has 2 amide bonds. The molecule has 0 heterocycles. The molecule has 0 aliphatic heterocycles. The van der Waals surface area contributed by atoms with Gasteiger partial charge in [0, 0.05) is 6.04 Å². The van der Waals surface area contributed by atoms with Crippen molar-refractivity contribution in [2.45, 2.75) is 25.8 Å². The fourth-order valence-corrected chi connectivity index (χ4v) is 2.26. The molecule has 2 N–H and O–H groups in total. The standard InChI is InChI=1S/C17H18ClFN2O/c1-12(10-11-13-6-3-2-4-7-13)20-17(22)21-15-9-5-8-14(18)16(15)19/h2-9,12H,10-11H2,1H3,(H2,20,21,22). The van der Waals surface area contributed by atoms with Gasteiger partial charge >= 0.3 is 6.03 Å². The fourth-order valence-electron chi connectivity index (χ4n) is 2.08. The van der Waals surface area contributed by atoms with Crippen molar-refractivity contribution in [3.63, 3.8) is 0 Å². The molecule has 22 heavy (non-hydrogen) atoms. The monoisotopic (exact) mass is 320 g/mol. The van der Waals surface area contributed by atoms with Crippen LogP contribution in [-0.2, 0) is 6.42 Å². The SMILES string of the molecule is CC(CCc1ccccc1)NC(=O)Nc1cccc(Cl)c1F. The van der Waals surface area contributed by atoms with E-state index in [1.165, 1.54) is 17.7 Å². The van der Waals surface area contributed by atoms with E-state index in [0.717, 1.165) is 12.8 Å². The number of halogens is 2. The molecule has 116 valence electrons. The maximum Gasteiger partial charge on any atom is 0.319 e. The van der Waals surface area contributed by atoms with Crippen LogP contribution in [0.1, 0.15) is 18.9 Å². The summed E-state index contributed by atoms with van der Waals surface area (Å²) in [6.45, 7) is 1.91. The molecule has 2 aromatic carbocycles. The van der Waals surface area contributed by atoms with Gasteiger partial charge in [-0.1, -0.05) is 48.0 Å². The molecule has 0 saturated carbocycles. The zero-order valence-electron chi connectivity index (χ0n) is 12.3. The van der Waals surface area contributed by atoms with Crippen molar-refractivity contribution in [2.75, 3.05) is 5.32 Å². The van der Waals surface area contributed by atoms with Crippen LogP contribution < -0.4 is 10.6 Å². The van der Waals surface area contributed by atoms with Crippen LogP contribution in [0.5, 0.6) is 0 Å². The third kappa shape index (κ3) is 4.74. The summed E-state index contributed by atoms with van der Waals surface area (Å²) in [5, 5.41) is 5.24. The van der Waals surface area contributed by atoms with Crippen LogP contribution in [-0.4, -0.2) is 12.1 Å². The van der Waals surface area contributed by atoms with E-state index in [0.29, 0.717) is 0 Å². The second-order valence-electron chi connectivity index (χ2n) is 5.13. The highest BCUT2D eigenvalue weighted by molar-refractivity contribution is 6.31. The molecule has 2 rings (SSSR count). The molecule has 0 fully saturated rings. The summed E-state index contributed by atoms with van der Waals surface area (Å²) in [5.74, 6) is -0.628. The summed E-state index contributed by atoms with van der Waals surface area (Å²) >= 11 is 5.67. The Labute approximate surface area is 134 Å². The second-order valence-corrected chi connectivity index (χ2v) is 5.53. The molecule has 0 saturated heterocycles. The number of rotatable bonds is 5. The van der Waals surface area contributed by atoms with E-state index in [1.807, 2.05) is 37.3 Å². The molecule has 1 unspecified atom stereocenters. The lowest BCUT2D eigenvalue weighted by atomic mass is 10.1. The van der Waals surface area contributed by atoms with Crippen LogP contribution >= 0.6 is 11.6 Å². The Morgan fingerprint density at radius 1 is 1.18 bits per heavy atom. The summed E-state index contributed by atoms with van der Waals surface area (Å²) in [6, 6.07) is 14.1. The smallest absolute Gasteiger partial charge is 0.319 e. The molecule has 5 heteroatoms. The van der Waals surface area contributed by atoms with E-state index < -0.39 is 11.8 Å². The molecular formula is C17H18ClFN2O. The number of carbonyl (C=O) groups is 1. The summed E-state index contributed by atoms with van der Waals surface area (Å²) < 4.78 is 13.7. The Balaban J connectivity index is 1.82. The molecule has 0 bridgehead atoms. The number of aryl methyl sites for hydroxylation is 1. The summed E-state index contributed by atoms with van der Waals surface area (Å²) in [4.78, 5) is 11.9. The van der Waals surface area contributed by atoms with E-state index >= 15 is 0 Å². The topological polar surface area (TPSA) is 41.1 Å². The predicted octanol–water partition coefficient (Wildman–Crippen LogP) is 4.62. The van der Waals surface area contributed by atoms with Crippen molar-refractivity contribution in [1.29, 1.82) is 0 Å². The first-order chi connectivity index (χ1) is 10.6. The highest BCUT2D eigenvalue weighted by atomic mass is 35.5. The molecule has 0 aliphatic rings. The van der Waals surface area contributed by atoms with E-state index in [-0.39, 0.29) is 16.8 Å². The molecule has 2 aromatic rings. The molecule has 0 aliphatic carbocycles. The lowest BCUT2D eigenvalue weighted by Gasteiger charge is -2.15. The van der Waals surface area contributed by atoms with Crippen molar-refractivity contribution in [2.24, 2.45) is 0 Å². The van der Waals surface area contributed by atoms with Gasteiger partial charge < -0.3 is 10.6 Å². The maximum absolute atomic E-state index is 13.7. The van der Waals surface area contributed by atoms with Crippen LogP contribution in [0.2, 0.25) is 5.02 Å². The molecule has 0 radical (unpaired) electrons. The number of hydrogen-bond donors (Lipinski definition) is 2. The van der Waals surface area contributed by atoms with Crippen LogP contribution in [0.15, 0.2) is 48.5 Å². The van der Waals surface area contributed by atoms with Gasteiger partial charge in [0.15, 0.2) is 5.82 Å². The van der Waals surface area contributed by atoms with E-state index in [4.69, 9.17) is 11.6 Å². The van der Waals surface area contributed by atoms with Crippen LogP contribution in [0, 0.1) is 5.82 Å². The molecular weight excluding hydrogens is 303 g/mol. The van der Waals surface area contributed by atoms with Gasteiger partial charge in [-0.3, -0.25) is 0 Å². The number of benzene rings is 2. The number of amides is 2. The zero-order valence-corrected chi connectivity index (χ0v) is 13.0. The van der Waals surface area contributed by atoms with Crippen molar-refractivity contribution in [3.8, 4) is 0 Å². The molecule has 3 nitrogen and oxygen atoms in total. The minimum atomic E-state index is -0.628. The van der Waals surface area contributed by atoms with E-state index in [9.17, 15) is 9.18 Å².